The third-order valence-electron chi connectivity index (χ3n) is 7.73. The maximum Gasteiger partial charge on any atom is 0.254 e. The lowest BCUT2D eigenvalue weighted by molar-refractivity contribution is -0.119. The summed E-state index contributed by atoms with van der Waals surface area (Å²) < 4.78 is 15.9. The van der Waals surface area contributed by atoms with Gasteiger partial charge in [-0.1, -0.05) is 57.2 Å². The Bertz CT molecular complexity index is 1530. The number of nitrogens with zero attached hydrogens (tertiary/aromatic N) is 3. The van der Waals surface area contributed by atoms with Crippen molar-refractivity contribution in [3.8, 4) is 5.69 Å². The number of para-hydroxylation sites is 2. The van der Waals surface area contributed by atoms with Crippen molar-refractivity contribution in [1.29, 1.82) is 0 Å². The van der Waals surface area contributed by atoms with Gasteiger partial charge in [0.25, 0.3) is 5.91 Å². The quantitative estimate of drug-likeness (QED) is 0.295. The number of aromatic nitrogens is 1. The van der Waals surface area contributed by atoms with E-state index in [2.05, 4.69) is 25.3 Å². The average molecular weight is 522 g/mol. The molecule has 5 nitrogen and oxygen atoms in total. The van der Waals surface area contributed by atoms with Crippen molar-refractivity contribution < 1.29 is 14.0 Å². The van der Waals surface area contributed by atoms with Gasteiger partial charge in [-0.25, -0.2) is 4.39 Å². The van der Waals surface area contributed by atoms with Crippen molar-refractivity contribution in [3.63, 3.8) is 0 Å². The number of halogens is 1. The van der Waals surface area contributed by atoms with Gasteiger partial charge in [-0.05, 0) is 77.9 Å². The van der Waals surface area contributed by atoms with Crippen LogP contribution in [0.1, 0.15) is 66.8 Å². The summed E-state index contributed by atoms with van der Waals surface area (Å²) in [5.74, 6) is -0.625. The number of amides is 2. The number of carbonyl (C=O) groups excluding carboxylic acids is 2. The average Bonchev–Trinajstić information content (AvgIpc) is 3.65. The Balaban J connectivity index is 1.36. The molecule has 2 heterocycles. The van der Waals surface area contributed by atoms with E-state index in [9.17, 15) is 14.0 Å². The molecule has 1 fully saturated rings. The SMILES string of the molecule is CC(C)(C)c1ccc(C(=O)N(CC(=O)N2c3ccccc3-n3cccc3C2c2ccc(F)cc2)C2CC2)cc1. The van der Waals surface area contributed by atoms with Crippen molar-refractivity contribution in [1.82, 2.24) is 9.47 Å². The zero-order valence-electron chi connectivity index (χ0n) is 22.5. The second kappa shape index (κ2) is 9.53. The predicted molar refractivity (Wildman–Crippen MR) is 151 cm³/mol. The summed E-state index contributed by atoms with van der Waals surface area (Å²) in [5.41, 5.74) is 5.11. The van der Waals surface area contributed by atoms with Crippen LogP contribution in [-0.4, -0.2) is 33.9 Å². The summed E-state index contributed by atoms with van der Waals surface area (Å²) >= 11 is 0. The number of anilines is 1. The standard InChI is InChI=1S/C33H32FN3O2/c1-33(2,3)24-14-10-23(11-15-24)32(39)36(26-18-19-26)21-30(38)37-28-8-5-4-7-27(28)35-20-6-9-29(35)31(37)22-12-16-25(34)17-13-22/h4-17,20,26,31H,18-19,21H2,1-3H3. The lowest BCUT2D eigenvalue weighted by Crippen LogP contribution is -2.47. The second-order valence-electron chi connectivity index (χ2n) is 11.5. The topological polar surface area (TPSA) is 45.6 Å². The van der Waals surface area contributed by atoms with Crippen molar-refractivity contribution in [2.45, 2.75) is 51.1 Å². The first-order chi connectivity index (χ1) is 18.7. The van der Waals surface area contributed by atoms with Gasteiger partial charge in [0, 0.05) is 17.8 Å². The van der Waals surface area contributed by atoms with Gasteiger partial charge in [0.05, 0.1) is 17.1 Å². The van der Waals surface area contributed by atoms with E-state index in [0.717, 1.165) is 41.0 Å². The Morgan fingerprint density at radius 1 is 0.872 bits per heavy atom. The van der Waals surface area contributed by atoms with Gasteiger partial charge in [-0.3, -0.25) is 14.5 Å². The van der Waals surface area contributed by atoms with Crippen molar-refractivity contribution in [2.24, 2.45) is 0 Å². The molecule has 1 aliphatic carbocycles. The highest BCUT2D eigenvalue weighted by Gasteiger charge is 2.40. The zero-order chi connectivity index (χ0) is 27.3. The number of hydrogen-bond acceptors (Lipinski definition) is 2. The molecule has 39 heavy (non-hydrogen) atoms. The molecule has 2 amide bonds. The van der Waals surface area contributed by atoms with E-state index in [1.807, 2.05) is 66.9 Å². The van der Waals surface area contributed by atoms with Crippen LogP contribution in [0.15, 0.2) is 91.1 Å². The highest BCUT2D eigenvalue weighted by Crippen LogP contribution is 2.42. The predicted octanol–water partition coefficient (Wildman–Crippen LogP) is 6.65. The number of rotatable bonds is 5. The maximum absolute atomic E-state index is 14.3. The van der Waals surface area contributed by atoms with E-state index in [0.29, 0.717) is 5.56 Å². The first-order valence-corrected chi connectivity index (χ1v) is 13.5. The minimum absolute atomic E-state index is 0.0115. The molecule has 6 rings (SSSR count). The zero-order valence-corrected chi connectivity index (χ0v) is 22.5. The Morgan fingerprint density at radius 3 is 2.18 bits per heavy atom. The van der Waals surface area contributed by atoms with E-state index in [4.69, 9.17) is 0 Å². The van der Waals surface area contributed by atoms with Crippen LogP contribution in [-0.2, 0) is 10.2 Å². The summed E-state index contributed by atoms with van der Waals surface area (Å²) in [7, 11) is 0. The second-order valence-corrected chi connectivity index (χ2v) is 11.5. The molecule has 0 bridgehead atoms. The van der Waals surface area contributed by atoms with Gasteiger partial charge in [-0.2, -0.15) is 0 Å². The molecular formula is C33H32FN3O2. The van der Waals surface area contributed by atoms with Crippen LogP contribution < -0.4 is 4.90 Å². The van der Waals surface area contributed by atoms with Crippen LogP contribution in [0.4, 0.5) is 10.1 Å². The Hall–Kier alpha value is -4.19. The minimum atomic E-state index is -0.453. The third kappa shape index (κ3) is 4.65. The summed E-state index contributed by atoms with van der Waals surface area (Å²) in [6.45, 7) is 6.40. The molecular weight excluding hydrogens is 489 g/mol. The molecule has 1 aromatic heterocycles. The third-order valence-corrected chi connectivity index (χ3v) is 7.73. The molecule has 0 spiro atoms. The Kier molecular flexibility index (Phi) is 6.13. The fourth-order valence-electron chi connectivity index (χ4n) is 5.48. The van der Waals surface area contributed by atoms with E-state index < -0.39 is 6.04 Å². The highest BCUT2D eigenvalue weighted by atomic mass is 19.1. The molecule has 0 radical (unpaired) electrons. The van der Waals surface area contributed by atoms with Crippen LogP contribution in [0.5, 0.6) is 0 Å². The molecule has 198 valence electrons. The fraction of sp³-hybridized carbons (Fsp3) is 0.273. The van der Waals surface area contributed by atoms with E-state index >= 15 is 0 Å². The van der Waals surface area contributed by atoms with Crippen LogP contribution >= 0.6 is 0 Å². The van der Waals surface area contributed by atoms with Crippen molar-refractivity contribution in [2.75, 3.05) is 11.4 Å². The number of benzene rings is 3. The van der Waals surface area contributed by atoms with Gasteiger partial charge >= 0.3 is 0 Å². The summed E-state index contributed by atoms with van der Waals surface area (Å²) in [6, 6.07) is 25.4. The molecule has 6 heteroatoms. The lowest BCUT2D eigenvalue weighted by Gasteiger charge is -2.39. The summed E-state index contributed by atoms with van der Waals surface area (Å²) in [6.07, 6.45) is 3.76. The molecule has 4 aromatic rings. The first kappa shape index (κ1) is 25.1. The minimum Gasteiger partial charge on any atom is -0.326 e. The van der Waals surface area contributed by atoms with Crippen LogP contribution in [0.2, 0.25) is 0 Å². The number of carbonyl (C=O) groups is 2. The summed E-state index contributed by atoms with van der Waals surface area (Å²) in [4.78, 5) is 31.5. The lowest BCUT2D eigenvalue weighted by atomic mass is 9.86. The monoisotopic (exact) mass is 521 g/mol. The summed E-state index contributed by atoms with van der Waals surface area (Å²) in [5, 5.41) is 0. The van der Waals surface area contributed by atoms with E-state index in [-0.39, 0.29) is 35.6 Å². The Labute approximate surface area is 228 Å². The molecule has 2 aliphatic rings. The van der Waals surface area contributed by atoms with Gasteiger partial charge in [-0.15, -0.1) is 0 Å². The van der Waals surface area contributed by atoms with Crippen LogP contribution in [0.3, 0.4) is 0 Å². The van der Waals surface area contributed by atoms with E-state index in [1.165, 1.54) is 12.1 Å². The number of fused-ring (bicyclic) bond motifs is 3. The highest BCUT2D eigenvalue weighted by molar-refractivity contribution is 6.03. The van der Waals surface area contributed by atoms with Crippen molar-refractivity contribution in [3.05, 3.63) is 119 Å². The van der Waals surface area contributed by atoms with Crippen LogP contribution in [0.25, 0.3) is 5.69 Å². The molecule has 1 atom stereocenters. The molecule has 3 aromatic carbocycles. The van der Waals surface area contributed by atoms with E-state index in [1.54, 1.807) is 21.9 Å². The number of hydrogen-bond donors (Lipinski definition) is 0. The van der Waals surface area contributed by atoms with Crippen LogP contribution in [0, 0.1) is 5.82 Å². The molecule has 0 N–H and O–H groups in total. The Morgan fingerprint density at radius 2 is 1.54 bits per heavy atom. The fourth-order valence-corrected chi connectivity index (χ4v) is 5.48. The van der Waals surface area contributed by atoms with Gasteiger partial charge in [0.1, 0.15) is 18.4 Å². The maximum atomic E-state index is 14.3. The largest absolute Gasteiger partial charge is 0.326 e. The van der Waals surface area contributed by atoms with Gasteiger partial charge in [0.15, 0.2) is 0 Å². The van der Waals surface area contributed by atoms with Gasteiger partial charge < -0.3 is 9.47 Å². The first-order valence-electron chi connectivity index (χ1n) is 13.5. The molecule has 1 unspecified atom stereocenters. The normalized spacial score (nSPS) is 16.4. The molecule has 0 saturated heterocycles. The smallest absolute Gasteiger partial charge is 0.254 e. The molecule has 1 saturated carbocycles. The molecule has 1 aliphatic heterocycles. The van der Waals surface area contributed by atoms with Crippen molar-refractivity contribution >= 4 is 17.5 Å². The van der Waals surface area contributed by atoms with Gasteiger partial charge in [0.2, 0.25) is 5.91 Å².